The van der Waals surface area contributed by atoms with Crippen LogP contribution in [-0.4, -0.2) is 9.78 Å². The Kier molecular flexibility index (Phi) is 1.73. The third-order valence-electron chi connectivity index (χ3n) is 1.72. The van der Waals surface area contributed by atoms with E-state index < -0.39 is 0 Å². The number of hydrogen-bond acceptors (Lipinski definition) is 2. The third-order valence-corrected chi connectivity index (χ3v) is 2.82. The molecule has 2 nitrogen and oxygen atoms in total. The lowest BCUT2D eigenvalue weighted by Crippen LogP contribution is -1.83. The quantitative estimate of drug-likeness (QED) is 0.656. The summed E-state index contributed by atoms with van der Waals surface area (Å²) in [6.07, 6.45) is 3.93. The van der Waals surface area contributed by atoms with E-state index in [4.69, 9.17) is 0 Å². The van der Waals surface area contributed by atoms with Crippen molar-refractivity contribution in [2.45, 2.75) is 6.92 Å². The zero-order valence-electron chi connectivity index (χ0n) is 7.11. The first-order valence-corrected chi connectivity index (χ1v) is 4.68. The molecule has 0 atom stereocenters. The lowest BCUT2D eigenvalue weighted by molar-refractivity contribution is 0.768. The van der Waals surface area contributed by atoms with Crippen LogP contribution in [0.3, 0.4) is 0 Å². The van der Waals surface area contributed by atoms with Crippen molar-refractivity contribution in [3.8, 4) is 10.4 Å². The molecular weight excluding hydrogens is 168 g/mol. The predicted molar refractivity (Wildman–Crippen MR) is 51.3 cm³/mol. The van der Waals surface area contributed by atoms with Crippen LogP contribution in [0.15, 0.2) is 23.8 Å². The van der Waals surface area contributed by atoms with E-state index in [2.05, 4.69) is 23.5 Å². The van der Waals surface area contributed by atoms with E-state index in [9.17, 15) is 0 Å². The fourth-order valence-electron chi connectivity index (χ4n) is 1.13. The second kappa shape index (κ2) is 2.75. The van der Waals surface area contributed by atoms with Gasteiger partial charge in [0.2, 0.25) is 0 Å². The molecule has 0 saturated heterocycles. The Bertz CT molecular complexity index is 348. The minimum Gasteiger partial charge on any atom is -0.275 e. The molecule has 0 radical (unpaired) electrons. The number of thiophene rings is 1. The maximum atomic E-state index is 4.13. The highest BCUT2D eigenvalue weighted by Gasteiger charge is 2.01. The summed E-state index contributed by atoms with van der Waals surface area (Å²) in [6, 6.07) is 2.18. The smallest absolute Gasteiger partial charge is 0.0576 e. The zero-order chi connectivity index (χ0) is 8.55. The van der Waals surface area contributed by atoms with Crippen molar-refractivity contribution in [2.24, 2.45) is 7.05 Å². The second-order valence-electron chi connectivity index (χ2n) is 2.89. The Balaban J connectivity index is 2.43. The van der Waals surface area contributed by atoms with Gasteiger partial charge in [0, 0.05) is 23.7 Å². The van der Waals surface area contributed by atoms with E-state index in [-0.39, 0.29) is 0 Å². The van der Waals surface area contributed by atoms with Crippen molar-refractivity contribution in [1.29, 1.82) is 0 Å². The first-order chi connectivity index (χ1) is 5.75. The Hall–Kier alpha value is -1.09. The molecule has 2 aromatic heterocycles. The maximum absolute atomic E-state index is 4.13. The van der Waals surface area contributed by atoms with Crippen molar-refractivity contribution in [2.75, 3.05) is 0 Å². The molecule has 0 saturated carbocycles. The lowest BCUT2D eigenvalue weighted by Gasteiger charge is -1.86. The summed E-state index contributed by atoms with van der Waals surface area (Å²) in [5, 5.41) is 6.28. The van der Waals surface area contributed by atoms with Gasteiger partial charge in [0.05, 0.1) is 6.20 Å². The van der Waals surface area contributed by atoms with Crippen molar-refractivity contribution in [3.63, 3.8) is 0 Å². The minimum absolute atomic E-state index is 1.20. The molecule has 2 rings (SSSR count). The van der Waals surface area contributed by atoms with Crippen LogP contribution in [0, 0.1) is 6.92 Å². The molecule has 0 aliphatic carbocycles. The van der Waals surface area contributed by atoms with Crippen LogP contribution < -0.4 is 0 Å². The molecule has 62 valence electrons. The molecular formula is C9H10N2S. The molecule has 0 fully saturated rings. The van der Waals surface area contributed by atoms with Gasteiger partial charge in [-0.25, -0.2) is 0 Å². The molecule has 0 unspecified atom stereocenters. The zero-order valence-corrected chi connectivity index (χ0v) is 7.93. The van der Waals surface area contributed by atoms with Crippen molar-refractivity contribution in [1.82, 2.24) is 9.78 Å². The molecule has 3 heteroatoms. The Morgan fingerprint density at radius 2 is 2.33 bits per heavy atom. The summed E-state index contributed by atoms with van der Waals surface area (Å²) in [5.41, 5.74) is 2.52. The number of hydrogen-bond donors (Lipinski definition) is 0. The summed E-state index contributed by atoms with van der Waals surface area (Å²) in [5.74, 6) is 0. The van der Waals surface area contributed by atoms with E-state index in [1.165, 1.54) is 16.0 Å². The van der Waals surface area contributed by atoms with Gasteiger partial charge in [-0.15, -0.1) is 11.3 Å². The average molecular weight is 178 g/mol. The van der Waals surface area contributed by atoms with E-state index in [1.54, 1.807) is 11.3 Å². The standard InChI is InChI=1S/C9H10N2S/c1-7-3-9(12-6-7)8-4-10-11(2)5-8/h3-6H,1-2H3. The van der Waals surface area contributed by atoms with Gasteiger partial charge in [-0.1, -0.05) is 0 Å². The van der Waals surface area contributed by atoms with Crippen molar-refractivity contribution >= 4 is 11.3 Å². The van der Waals surface area contributed by atoms with Gasteiger partial charge < -0.3 is 0 Å². The maximum Gasteiger partial charge on any atom is 0.0576 e. The molecule has 0 spiro atoms. The number of rotatable bonds is 1. The molecule has 2 aromatic rings. The average Bonchev–Trinajstić information content (AvgIpc) is 2.58. The van der Waals surface area contributed by atoms with E-state index in [0.717, 1.165) is 0 Å². The summed E-state index contributed by atoms with van der Waals surface area (Å²) < 4.78 is 1.82. The van der Waals surface area contributed by atoms with Crippen LogP contribution >= 0.6 is 11.3 Å². The van der Waals surface area contributed by atoms with E-state index in [1.807, 2.05) is 24.1 Å². The van der Waals surface area contributed by atoms with Gasteiger partial charge >= 0.3 is 0 Å². The van der Waals surface area contributed by atoms with Gasteiger partial charge in [-0.05, 0) is 23.9 Å². The minimum atomic E-state index is 1.20. The summed E-state index contributed by atoms with van der Waals surface area (Å²) >= 11 is 1.76. The van der Waals surface area contributed by atoms with Crippen LogP contribution in [0.25, 0.3) is 10.4 Å². The Morgan fingerprint density at radius 3 is 2.83 bits per heavy atom. The highest BCUT2D eigenvalue weighted by atomic mass is 32.1. The number of aromatic nitrogens is 2. The highest BCUT2D eigenvalue weighted by Crippen LogP contribution is 2.25. The first kappa shape index (κ1) is 7.55. The molecule has 0 aliphatic heterocycles. The lowest BCUT2D eigenvalue weighted by atomic mass is 10.2. The Morgan fingerprint density at radius 1 is 1.50 bits per heavy atom. The van der Waals surface area contributed by atoms with E-state index >= 15 is 0 Å². The Labute approximate surface area is 75.5 Å². The van der Waals surface area contributed by atoms with Crippen LogP contribution in [0.2, 0.25) is 0 Å². The van der Waals surface area contributed by atoms with E-state index in [0.29, 0.717) is 0 Å². The van der Waals surface area contributed by atoms with Gasteiger partial charge in [0.25, 0.3) is 0 Å². The normalized spacial score (nSPS) is 10.5. The number of nitrogens with zero attached hydrogens (tertiary/aromatic N) is 2. The van der Waals surface area contributed by atoms with Gasteiger partial charge in [-0.3, -0.25) is 4.68 Å². The largest absolute Gasteiger partial charge is 0.275 e. The third kappa shape index (κ3) is 1.28. The molecule has 0 bridgehead atoms. The molecule has 0 N–H and O–H groups in total. The highest BCUT2D eigenvalue weighted by molar-refractivity contribution is 7.13. The van der Waals surface area contributed by atoms with Crippen LogP contribution in [-0.2, 0) is 7.05 Å². The van der Waals surface area contributed by atoms with Crippen LogP contribution in [0.4, 0.5) is 0 Å². The first-order valence-electron chi connectivity index (χ1n) is 3.80. The number of aryl methyl sites for hydroxylation is 2. The topological polar surface area (TPSA) is 17.8 Å². The van der Waals surface area contributed by atoms with Crippen LogP contribution in [0.1, 0.15) is 5.56 Å². The summed E-state index contributed by atoms with van der Waals surface area (Å²) in [4.78, 5) is 1.29. The molecule has 2 heterocycles. The van der Waals surface area contributed by atoms with Gasteiger partial charge in [0.15, 0.2) is 0 Å². The molecule has 0 aromatic carbocycles. The summed E-state index contributed by atoms with van der Waals surface area (Å²) in [7, 11) is 1.93. The van der Waals surface area contributed by atoms with Crippen LogP contribution in [0.5, 0.6) is 0 Å². The fraction of sp³-hybridized carbons (Fsp3) is 0.222. The predicted octanol–water partition coefficient (Wildman–Crippen LogP) is 2.46. The van der Waals surface area contributed by atoms with Gasteiger partial charge in [0.1, 0.15) is 0 Å². The van der Waals surface area contributed by atoms with Gasteiger partial charge in [-0.2, -0.15) is 5.10 Å². The van der Waals surface area contributed by atoms with Crippen molar-refractivity contribution < 1.29 is 0 Å². The molecule has 0 aliphatic rings. The second-order valence-corrected chi connectivity index (χ2v) is 3.80. The SMILES string of the molecule is Cc1csc(-c2cnn(C)c2)c1. The summed E-state index contributed by atoms with van der Waals surface area (Å²) in [6.45, 7) is 2.11. The van der Waals surface area contributed by atoms with Crippen molar-refractivity contribution in [3.05, 3.63) is 29.4 Å². The molecule has 0 amide bonds. The monoisotopic (exact) mass is 178 g/mol. The molecule has 12 heavy (non-hydrogen) atoms. The fourth-order valence-corrected chi connectivity index (χ4v) is 2.01.